The van der Waals surface area contributed by atoms with Crippen LogP contribution >= 0.6 is 0 Å². The zero-order valence-corrected chi connectivity index (χ0v) is 10.0. The van der Waals surface area contributed by atoms with Crippen LogP contribution in [0, 0.1) is 0 Å². The van der Waals surface area contributed by atoms with E-state index in [-0.39, 0.29) is 12.6 Å². The van der Waals surface area contributed by atoms with Gasteiger partial charge < -0.3 is 9.47 Å². The molecule has 1 rings (SSSR count). The Bertz CT molecular complexity index is 345. The number of hydrogen-bond donors (Lipinski definition) is 0. The third-order valence-corrected chi connectivity index (χ3v) is 2.19. The van der Waals surface area contributed by atoms with E-state index >= 15 is 0 Å². The summed E-state index contributed by atoms with van der Waals surface area (Å²) in [6.45, 7) is 6.31. The van der Waals surface area contributed by atoms with E-state index in [9.17, 15) is 4.79 Å². The first-order chi connectivity index (χ1) is 7.65. The van der Waals surface area contributed by atoms with Gasteiger partial charge in [-0.05, 0) is 24.5 Å². The highest BCUT2D eigenvalue weighted by atomic mass is 16.6. The first-order valence-electron chi connectivity index (χ1n) is 5.52. The second kappa shape index (κ2) is 6.16. The summed E-state index contributed by atoms with van der Waals surface area (Å²) >= 11 is 0. The Morgan fingerprint density at radius 2 is 2.00 bits per heavy atom. The van der Waals surface area contributed by atoms with Crippen molar-refractivity contribution in [3.63, 3.8) is 0 Å². The van der Waals surface area contributed by atoms with Crippen molar-refractivity contribution in [3.8, 4) is 5.75 Å². The molecule has 0 fully saturated rings. The van der Waals surface area contributed by atoms with Crippen molar-refractivity contribution in [2.24, 2.45) is 0 Å². The molecule has 0 aliphatic carbocycles. The van der Waals surface area contributed by atoms with Gasteiger partial charge in [-0.2, -0.15) is 0 Å². The summed E-state index contributed by atoms with van der Waals surface area (Å²) in [5.74, 6) is 0.796. The van der Waals surface area contributed by atoms with Gasteiger partial charge in [-0.1, -0.05) is 32.0 Å². The van der Waals surface area contributed by atoms with Crippen molar-refractivity contribution in [2.45, 2.75) is 26.7 Å². The molecule has 3 nitrogen and oxygen atoms in total. The molecule has 0 heterocycles. The maximum absolute atomic E-state index is 11.2. The summed E-state index contributed by atoms with van der Waals surface area (Å²) in [6.07, 6.45) is 0. The van der Waals surface area contributed by atoms with E-state index in [2.05, 4.69) is 13.8 Å². The number of hydrogen-bond acceptors (Lipinski definition) is 3. The number of para-hydroxylation sites is 1. The number of rotatable bonds is 5. The molecule has 0 radical (unpaired) electrons. The predicted octanol–water partition coefficient (Wildman–Crippen LogP) is 2.75. The second-order valence-electron chi connectivity index (χ2n) is 3.79. The zero-order valence-electron chi connectivity index (χ0n) is 10.0. The Balaban J connectivity index is 2.63. The van der Waals surface area contributed by atoms with Gasteiger partial charge in [0.05, 0.1) is 6.61 Å². The van der Waals surface area contributed by atoms with Crippen molar-refractivity contribution >= 4 is 5.97 Å². The van der Waals surface area contributed by atoms with Gasteiger partial charge in [0, 0.05) is 0 Å². The number of ether oxygens (including phenoxy) is 2. The molecular formula is C13H18O3. The molecule has 0 spiro atoms. The highest BCUT2D eigenvalue weighted by Gasteiger charge is 2.09. The monoisotopic (exact) mass is 222 g/mol. The topological polar surface area (TPSA) is 35.5 Å². The largest absolute Gasteiger partial charge is 0.482 e. The molecule has 1 aromatic rings. The quantitative estimate of drug-likeness (QED) is 0.719. The van der Waals surface area contributed by atoms with Crippen LogP contribution in [0.1, 0.15) is 32.3 Å². The Labute approximate surface area is 96.4 Å². The number of carbonyl (C=O) groups is 1. The summed E-state index contributed by atoms with van der Waals surface area (Å²) in [4.78, 5) is 11.2. The number of carbonyl (C=O) groups excluding carboxylic acids is 1. The fraction of sp³-hybridized carbons (Fsp3) is 0.462. The van der Waals surface area contributed by atoms with E-state index < -0.39 is 0 Å². The second-order valence-corrected chi connectivity index (χ2v) is 3.79. The summed E-state index contributed by atoms with van der Waals surface area (Å²) in [5, 5.41) is 0. The summed E-state index contributed by atoms with van der Waals surface area (Å²) in [6, 6.07) is 7.73. The first kappa shape index (κ1) is 12.6. The maximum atomic E-state index is 11.2. The molecule has 0 amide bonds. The van der Waals surface area contributed by atoms with Gasteiger partial charge in [0.15, 0.2) is 6.61 Å². The smallest absolute Gasteiger partial charge is 0.344 e. The average Bonchev–Trinajstić information content (AvgIpc) is 2.27. The van der Waals surface area contributed by atoms with Gasteiger partial charge in [0.2, 0.25) is 0 Å². The van der Waals surface area contributed by atoms with E-state index in [1.807, 2.05) is 24.3 Å². The molecule has 3 heteroatoms. The SMILES string of the molecule is CCOC(=O)COc1ccccc1C(C)C. The van der Waals surface area contributed by atoms with Crippen LogP contribution in [0.4, 0.5) is 0 Å². The summed E-state index contributed by atoms with van der Waals surface area (Å²) in [7, 11) is 0. The van der Waals surface area contributed by atoms with Crippen molar-refractivity contribution < 1.29 is 14.3 Å². The van der Waals surface area contributed by atoms with Gasteiger partial charge in [-0.25, -0.2) is 4.79 Å². The lowest BCUT2D eigenvalue weighted by atomic mass is 10.0. The fourth-order valence-corrected chi connectivity index (χ4v) is 1.43. The Morgan fingerprint density at radius 1 is 1.31 bits per heavy atom. The average molecular weight is 222 g/mol. The molecular weight excluding hydrogens is 204 g/mol. The number of benzene rings is 1. The van der Waals surface area contributed by atoms with Crippen molar-refractivity contribution in [2.75, 3.05) is 13.2 Å². The van der Waals surface area contributed by atoms with Crippen molar-refractivity contribution in [1.82, 2.24) is 0 Å². The molecule has 16 heavy (non-hydrogen) atoms. The van der Waals surface area contributed by atoms with Crippen LogP contribution < -0.4 is 4.74 Å². The fourth-order valence-electron chi connectivity index (χ4n) is 1.43. The first-order valence-corrected chi connectivity index (χ1v) is 5.52. The lowest BCUT2D eigenvalue weighted by Crippen LogP contribution is -2.15. The molecule has 0 N–H and O–H groups in total. The lowest BCUT2D eigenvalue weighted by molar-refractivity contribution is -0.145. The van der Waals surface area contributed by atoms with Crippen LogP contribution in [0.5, 0.6) is 5.75 Å². The molecule has 0 bridgehead atoms. The van der Waals surface area contributed by atoms with E-state index in [0.29, 0.717) is 12.5 Å². The van der Waals surface area contributed by atoms with E-state index in [1.54, 1.807) is 6.92 Å². The van der Waals surface area contributed by atoms with Crippen LogP contribution in [0.2, 0.25) is 0 Å². The van der Waals surface area contributed by atoms with Gasteiger partial charge in [-0.15, -0.1) is 0 Å². The molecule has 0 atom stereocenters. The molecule has 1 aromatic carbocycles. The Hall–Kier alpha value is -1.51. The van der Waals surface area contributed by atoms with Crippen LogP contribution in [0.3, 0.4) is 0 Å². The third-order valence-electron chi connectivity index (χ3n) is 2.19. The molecule has 0 aromatic heterocycles. The Morgan fingerprint density at radius 3 is 2.62 bits per heavy atom. The van der Waals surface area contributed by atoms with Crippen LogP contribution in [-0.4, -0.2) is 19.2 Å². The highest BCUT2D eigenvalue weighted by molar-refractivity contribution is 5.71. The van der Waals surface area contributed by atoms with E-state index in [4.69, 9.17) is 9.47 Å². The molecule has 0 saturated carbocycles. The zero-order chi connectivity index (χ0) is 12.0. The van der Waals surface area contributed by atoms with Crippen LogP contribution in [0.15, 0.2) is 24.3 Å². The number of esters is 1. The van der Waals surface area contributed by atoms with E-state index in [1.165, 1.54) is 0 Å². The lowest BCUT2D eigenvalue weighted by Gasteiger charge is -2.13. The normalized spacial score (nSPS) is 10.2. The standard InChI is InChI=1S/C13H18O3/c1-4-15-13(14)9-16-12-8-6-5-7-11(12)10(2)3/h5-8,10H,4,9H2,1-3H3. The maximum Gasteiger partial charge on any atom is 0.344 e. The molecule has 0 aliphatic heterocycles. The minimum Gasteiger partial charge on any atom is -0.482 e. The van der Waals surface area contributed by atoms with Crippen molar-refractivity contribution in [3.05, 3.63) is 29.8 Å². The van der Waals surface area contributed by atoms with Gasteiger partial charge in [0.1, 0.15) is 5.75 Å². The third kappa shape index (κ3) is 3.57. The predicted molar refractivity (Wildman–Crippen MR) is 62.7 cm³/mol. The Kier molecular flexibility index (Phi) is 4.83. The molecule has 0 saturated heterocycles. The minimum absolute atomic E-state index is 0.0302. The molecule has 88 valence electrons. The highest BCUT2D eigenvalue weighted by Crippen LogP contribution is 2.25. The molecule has 0 aliphatic rings. The van der Waals surface area contributed by atoms with Crippen LogP contribution in [-0.2, 0) is 9.53 Å². The molecule has 0 unspecified atom stereocenters. The van der Waals surface area contributed by atoms with Gasteiger partial charge in [0.25, 0.3) is 0 Å². The summed E-state index contributed by atoms with van der Waals surface area (Å²) < 4.78 is 10.2. The minimum atomic E-state index is -0.332. The van der Waals surface area contributed by atoms with Crippen molar-refractivity contribution in [1.29, 1.82) is 0 Å². The van der Waals surface area contributed by atoms with Gasteiger partial charge >= 0.3 is 5.97 Å². The summed E-state index contributed by atoms with van der Waals surface area (Å²) in [5.41, 5.74) is 1.10. The van der Waals surface area contributed by atoms with Crippen LogP contribution in [0.25, 0.3) is 0 Å². The van der Waals surface area contributed by atoms with Gasteiger partial charge in [-0.3, -0.25) is 0 Å². The van der Waals surface area contributed by atoms with E-state index in [0.717, 1.165) is 11.3 Å².